The number of carbonyl (C=O) groups is 2. The van der Waals surface area contributed by atoms with Crippen molar-refractivity contribution in [3.63, 3.8) is 0 Å². The van der Waals surface area contributed by atoms with Crippen molar-refractivity contribution in [3.05, 3.63) is 59.8 Å². The maximum absolute atomic E-state index is 11.9. The van der Waals surface area contributed by atoms with Crippen LogP contribution in [0.25, 0.3) is 0 Å². The van der Waals surface area contributed by atoms with E-state index < -0.39 is 5.91 Å². The number of nitrogens with one attached hydrogen (secondary N) is 1. The molecule has 0 aliphatic rings. The molecule has 0 aliphatic carbocycles. The highest BCUT2D eigenvalue weighted by molar-refractivity contribution is 6.01. The van der Waals surface area contributed by atoms with Crippen LogP contribution in [0.15, 0.2) is 48.7 Å². The van der Waals surface area contributed by atoms with Crippen LogP contribution >= 0.6 is 0 Å². The molecule has 1 aromatic carbocycles. The first-order chi connectivity index (χ1) is 10.2. The van der Waals surface area contributed by atoms with Gasteiger partial charge in [0.15, 0.2) is 0 Å². The van der Waals surface area contributed by atoms with Crippen molar-refractivity contribution in [3.8, 4) is 0 Å². The van der Waals surface area contributed by atoms with Crippen LogP contribution in [0.2, 0.25) is 0 Å². The molecule has 0 atom stereocenters. The van der Waals surface area contributed by atoms with Gasteiger partial charge in [-0.05, 0) is 30.5 Å². The van der Waals surface area contributed by atoms with Gasteiger partial charge in [0.1, 0.15) is 5.82 Å². The van der Waals surface area contributed by atoms with E-state index in [2.05, 4.69) is 10.3 Å². The monoisotopic (exact) mass is 283 g/mol. The van der Waals surface area contributed by atoms with Crippen LogP contribution in [0.4, 0.5) is 5.82 Å². The Morgan fingerprint density at radius 3 is 2.57 bits per heavy atom. The summed E-state index contributed by atoms with van der Waals surface area (Å²) in [7, 11) is 0. The van der Waals surface area contributed by atoms with Gasteiger partial charge in [0.05, 0.1) is 5.56 Å². The molecule has 2 amide bonds. The molecule has 1 aromatic heterocycles. The normalized spacial score (nSPS) is 10.1. The van der Waals surface area contributed by atoms with Crippen molar-refractivity contribution >= 4 is 17.6 Å². The summed E-state index contributed by atoms with van der Waals surface area (Å²) >= 11 is 0. The number of anilines is 1. The zero-order chi connectivity index (χ0) is 15.1. The van der Waals surface area contributed by atoms with Gasteiger partial charge in [0.25, 0.3) is 5.91 Å². The fraction of sp³-hybridized carbons (Fsp3) is 0.188. The smallest absolute Gasteiger partial charge is 0.252 e. The van der Waals surface area contributed by atoms with E-state index in [-0.39, 0.29) is 17.3 Å². The van der Waals surface area contributed by atoms with Gasteiger partial charge in [0.2, 0.25) is 5.91 Å². The lowest BCUT2D eigenvalue weighted by molar-refractivity contribution is -0.116. The van der Waals surface area contributed by atoms with Crippen LogP contribution in [0.3, 0.4) is 0 Å². The van der Waals surface area contributed by atoms with Crippen LogP contribution in [0.5, 0.6) is 0 Å². The minimum atomic E-state index is -0.609. The molecule has 0 aliphatic heterocycles. The predicted octanol–water partition coefficient (Wildman–Crippen LogP) is 2.14. The Morgan fingerprint density at radius 2 is 1.86 bits per heavy atom. The SMILES string of the molecule is NC(=O)c1cccnc1NC(=O)CCCc1ccccc1. The third-order valence-corrected chi connectivity index (χ3v) is 3.04. The average molecular weight is 283 g/mol. The van der Waals surface area contributed by atoms with Crippen LogP contribution in [0.1, 0.15) is 28.8 Å². The summed E-state index contributed by atoms with van der Waals surface area (Å²) in [5.41, 5.74) is 6.65. The van der Waals surface area contributed by atoms with Gasteiger partial charge < -0.3 is 11.1 Å². The summed E-state index contributed by atoms with van der Waals surface area (Å²) in [5, 5.41) is 2.63. The van der Waals surface area contributed by atoms with Gasteiger partial charge in [-0.1, -0.05) is 30.3 Å². The maximum atomic E-state index is 11.9. The van der Waals surface area contributed by atoms with Crippen LogP contribution in [-0.4, -0.2) is 16.8 Å². The minimum absolute atomic E-state index is 0.174. The number of hydrogen-bond acceptors (Lipinski definition) is 3. The molecule has 3 N–H and O–H groups in total. The van der Waals surface area contributed by atoms with E-state index in [0.717, 1.165) is 12.8 Å². The lowest BCUT2D eigenvalue weighted by Gasteiger charge is -2.07. The molecule has 0 spiro atoms. The summed E-state index contributed by atoms with van der Waals surface area (Å²) in [6, 6.07) is 13.1. The molecule has 5 heteroatoms. The quantitative estimate of drug-likeness (QED) is 0.851. The molecule has 108 valence electrons. The van der Waals surface area contributed by atoms with E-state index in [1.54, 1.807) is 6.07 Å². The Morgan fingerprint density at radius 1 is 1.10 bits per heavy atom. The van der Waals surface area contributed by atoms with E-state index in [9.17, 15) is 9.59 Å². The second-order valence-corrected chi connectivity index (χ2v) is 4.65. The first-order valence-electron chi connectivity index (χ1n) is 6.75. The Bertz CT molecular complexity index is 626. The Labute approximate surface area is 123 Å². The molecular weight excluding hydrogens is 266 g/mol. The van der Waals surface area contributed by atoms with E-state index in [1.165, 1.54) is 17.8 Å². The van der Waals surface area contributed by atoms with Gasteiger partial charge in [-0.3, -0.25) is 9.59 Å². The molecule has 2 aromatic rings. The fourth-order valence-electron chi connectivity index (χ4n) is 2.00. The van der Waals surface area contributed by atoms with Gasteiger partial charge in [-0.25, -0.2) is 4.98 Å². The lowest BCUT2D eigenvalue weighted by atomic mass is 10.1. The molecule has 0 bridgehead atoms. The zero-order valence-corrected chi connectivity index (χ0v) is 11.6. The summed E-state index contributed by atoms with van der Waals surface area (Å²) in [6.07, 6.45) is 3.43. The fourth-order valence-corrected chi connectivity index (χ4v) is 2.00. The van der Waals surface area contributed by atoms with Crippen molar-refractivity contribution in [1.29, 1.82) is 0 Å². The molecule has 2 rings (SSSR count). The number of aromatic nitrogens is 1. The number of amides is 2. The van der Waals surface area contributed by atoms with Gasteiger partial charge in [-0.15, -0.1) is 0 Å². The van der Waals surface area contributed by atoms with Crippen molar-refractivity contribution in [2.75, 3.05) is 5.32 Å². The van der Waals surface area contributed by atoms with E-state index in [4.69, 9.17) is 5.73 Å². The summed E-state index contributed by atoms with van der Waals surface area (Å²) < 4.78 is 0. The Hall–Kier alpha value is -2.69. The molecule has 1 heterocycles. The predicted molar refractivity (Wildman–Crippen MR) is 80.8 cm³/mol. The number of aryl methyl sites for hydroxylation is 1. The topological polar surface area (TPSA) is 85.1 Å². The van der Waals surface area contributed by atoms with Crippen molar-refractivity contribution < 1.29 is 9.59 Å². The number of nitrogens with two attached hydrogens (primary N) is 1. The number of nitrogens with zero attached hydrogens (tertiary/aromatic N) is 1. The highest BCUT2D eigenvalue weighted by Crippen LogP contribution is 2.12. The summed E-state index contributed by atoms with van der Waals surface area (Å²) in [5.74, 6) is -0.565. The number of carbonyl (C=O) groups excluding carboxylic acids is 2. The van der Waals surface area contributed by atoms with Crippen LogP contribution < -0.4 is 11.1 Å². The number of benzene rings is 1. The van der Waals surface area contributed by atoms with Crippen LogP contribution in [0, 0.1) is 0 Å². The number of rotatable bonds is 6. The van der Waals surface area contributed by atoms with E-state index in [0.29, 0.717) is 6.42 Å². The summed E-state index contributed by atoms with van der Waals surface area (Å²) in [6.45, 7) is 0. The molecule has 0 saturated heterocycles. The third kappa shape index (κ3) is 4.42. The molecule has 0 radical (unpaired) electrons. The number of pyridine rings is 1. The van der Waals surface area contributed by atoms with Gasteiger partial charge >= 0.3 is 0 Å². The minimum Gasteiger partial charge on any atom is -0.365 e. The Kier molecular flexibility index (Phi) is 5.04. The van der Waals surface area contributed by atoms with Gasteiger partial charge in [0, 0.05) is 12.6 Å². The largest absolute Gasteiger partial charge is 0.365 e. The van der Waals surface area contributed by atoms with Crippen molar-refractivity contribution in [2.45, 2.75) is 19.3 Å². The molecule has 5 nitrogen and oxygen atoms in total. The van der Waals surface area contributed by atoms with E-state index in [1.807, 2.05) is 30.3 Å². The molecule has 21 heavy (non-hydrogen) atoms. The number of hydrogen-bond donors (Lipinski definition) is 2. The first-order valence-corrected chi connectivity index (χ1v) is 6.75. The molecular formula is C16H17N3O2. The second kappa shape index (κ2) is 7.19. The highest BCUT2D eigenvalue weighted by atomic mass is 16.2. The summed E-state index contributed by atoms with van der Waals surface area (Å²) in [4.78, 5) is 27.1. The molecule has 0 fully saturated rings. The zero-order valence-electron chi connectivity index (χ0n) is 11.6. The highest BCUT2D eigenvalue weighted by Gasteiger charge is 2.11. The first kappa shape index (κ1) is 14.7. The molecule has 0 saturated carbocycles. The van der Waals surface area contributed by atoms with Crippen molar-refractivity contribution in [1.82, 2.24) is 4.98 Å². The van der Waals surface area contributed by atoms with Gasteiger partial charge in [-0.2, -0.15) is 0 Å². The second-order valence-electron chi connectivity index (χ2n) is 4.65. The Balaban J connectivity index is 1.86. The standard InChI is InChI=1S/C16H17N3O2/c17-15(21)13-9-5-11-18-16(13)19-14(20)10-4-8-12-6-2-1-3-7-12/h1-3,5-7,9,11H,4,8,10H2,(H2,17,21)(H,18,19,20). The third-order valence-electron chi connectivity index (χ3n) is 3.04. The lowest BCUT2D eigenvalue weighted by Crippen LogP contribution is -2.19. The van der Waals surface area contributed by atoms with Crippen LogP contribution in [-0.2, 0) is 11.2 Å². The van der Waals surface area contributed by atoms with E-state index >= 15 is 0 Å². The molecule has 0 unspecified atom stereocenters. The van der Waals surface area contributed by atoms with Crippen molar-refractivity contribution in [2.24, 2.45) is 5.73 Å². The number of primary amides is 1. The maximum Gasteiger partial charge on any atom is 0.252 e. The average Bonchev–Trinajstić information content (AvgIpc) is 2.48.